The lowest BCUT2D eigenvalue weighted by molar-refractivity contribution is -0.125. The Morgan fingerprint density at radius 3 is 2.64 bits per heavy atom. The molecule has 1 atom stereocenters. The van der Waals surface area contributed by atoms with Gasteiger partial charge in [-0.25, -0.2) is 8.78 Å². The molecule has 1 aromatic carbocycles. The third-order valence-electron chi connectivity index (χ3n) is 4.24. The second-order valence-electron chi connectivity index (χ2n) is 7.89. The Balaban J connectivity index is 2.16. The van der Waals surface area contributed by atoms with Gasteiger partial charge >= 0.3 is 0 Å². The minimum Gasteiger partial charge on any atom is -0.370 e. The Labute approximate surface area is 163 Å². The molecule has 7 nitrogen and oxygen atoms in total. The van der Waals surface area contributed by atoms with Crippen molar-refractivity contribution < 1.29 is 23.1 Å². The van der Waals surface area contributed by atoms with Gasteiger partial charge in [0.25, 0.3) is 12.3 Å². The largest absolute Gasteiger partial charge is 0.370 e. The first-order valence-corrected chi connectivity index (χ1v) is 9.17. The lowest BCUT2D eigenvalue weighted by Crippen LogP contribution is -2.48. The lowest BCUT2D eigenvalue weighted by Gasteiger charge is -2.29. The predicted octanol–water partition coefficient (Wildman–Crippen LogP) is 1.89. The van der Waals surface area contributed by atoms with Crippen molar-refractivity contribution in [2.24, 2.45) is 11.1 Å². The molecular weight excluding hydrogens is 370 g/mol. The number of hydrogen-bond acceptors (Lipinski definition) is 5. The summed E-state index contributed by atoms with van der Waals surface area (Å²) in [7, 11) is 0. The van der Waals surface area contributed by atoms with E-state index in [9.17, 15) is 18.4 Å². The highest BCUT2D eigenvalue weighted by atomic mass is 19.3. The van der Waals surface area contributed by atoms with E-state index in [1.807, 2.05) is 20.8 Å². The van der Waals surface area contributed by atoms with Crippen molar-refractivity contribution in [3.63, 3.8) is 0 Å². The molecule has 0 saturated carbocycles. The summed E-state index contributed by atoms with van der Waals surface area (Å²) in [5, 5.41) is 5.71. The van der Waals surface area contributed by atoms with Crippen molar-refractivity contribution in [1.82, 2.24) is 5.32 Å². The Morgan fingerprint density at radius 2 is 2.07 bits per heavy atom. The second-order valence-corrected chi connectivity index (χ2v) is 7.89. The SMILES string of the molecule is CC(C)(C)CN[C@H](CN)C(=O)Nc1ccc(N2CCOCC2=O)c(C(F)F)c1. The molecule has 2 rings (SSSR count). The van der Waals surface area contributed by atoms with Crippen molar-refractivity contribution in [2.75, 3.05) is 43.1 Å². The summed E-state index contributed by atoms with van der Waals surface area (Å²) >= 11 is 0. The van der Waals surface area contributed by atoms with Gasteiger partial charge in [-0.05, 0) is 23.6 Å². The van der Waals surface area contributed by atoms with Crippen LogP contribution < -0.4 is 21.3 Å². The van der Waals surface area contributed by atoms with E-state index >= 15 is 0 Å². The number of halogens is 2. The highest BCUT2D eigenvalue weighted by molar-refractivity contribution is 5.97. The average molecular weight is 398 g/mol. The molecule has 1 aliphatic rings. The van der Waals surface area contributed by atoms with Crippen LogP contribution in [0.5, 0.6) is 0 Å². The van der Waals surface area contributed by atoms with Gasteiger partial charge in [0.15, 0.2) is 0 Å². The fraction of sp³-hybridized carbons (Fsp3) is 0.579. The van der Waals surface area contributed by atoms with Gasteiger partial charge in [0.1, 0.15) is 6.61 Å². The molecule has 2 amide bonds. The number of nitrogens with one attached hydrogen (secondary N) is 2. The van der Waals surface area contributed by atoms with E-state index in [-0.39, 0.29) is 54.6 Å². The maximum absolute atomic E-state index is 13.6. The van der Waals surface area contributed by atoms with Crippen molar-refractivity contribution >= 4 is 23.2 Å². The minimum atomic E-state index is -2.80. The zero-order valence-corrected chi connectivity index (χ0v) is 16.4. The average Bonchev–Trinajstić information content (AvgIpc) is 2.62. The molecule has 4 N–H and O–H groups in total. The summed E-state index contributed by atoms with van der Waals surface area (Å²) in [5.41, 5.74) is 5.66. The van der Waals surface area contributed by atoms with Crippen molar-refractivity contribution in [3.8, 4) is 0 Å². The Hall–Kier alpha value is -2.10. The van der Waals surface area contributed by atoms with Gasteiger partial charge in [-0.2, -0.15) is 0 Å². The van der Waals surface area contributed by atoms with Crippen LogP contribution in [0.2, 0.25) is 0 Å². The summed E-state index contributed by atoms with van der Waals surface area (Å²) in [6.45, 7) is 7.05. The van der Waals surface area contributed by atoms with E-state index < -0.39 is 18.4 Å². The highest BCUT2D eigenvalue weighted by Gasteiger charge is 2.26. The number of anilines is 2. The number of carbonyl (C=O) groups excluding carboxylic acids is 2. The zero-order valence-electron chi connectivity index (χ0n) is 16.4. The third-order valence-corrected chi connectivity index (χ3v) is 4.24. The van der Waals surface area contributed by atoms with Crippen molar-refractivity contribution in [2.45, 2.75) is 33.2 Å². The Morgan fingerprint density at radius 1 is 1.36 bits per heavy atom. The van der Waals surface area contributed by atoms with Crippen LogP contribution in [-0.4, -0.2) is 50.7 Å². The molecule has 1 saturated heterocycles. The standard InChI is InChI=1S/C19H28F2N4O3/c1-19(2,3)11-23-14(9-22)18(27)24-12-4-5-15(13(8-12)17(20)21)25-6-7-28-10-16(25)26/h4-5,8,14,17,23H,6-7,9-11,22H2,1-3H3,(H,24,27)/t14-/m1/s1. The number of rotatable bonds is 7. The molecule has 1 aromatic rings. The van der Waals surface area contributed by atoms with Crippen molar-refractivity contribution in [1.29, 1.82) is 0 Å². The number of benzene rings is 1. The molecule has 0 aromatic heterocycles. The van der Waals surface area contributed by atoms with Crippen LogP contribution in [0.4, 0.5) is 20.2 Å². The molecule has 9 heteroatoms. The number of amides is 2. The lowest BCUT2D eigenvalue weighted by atomic mass is 9.96. The highest BCUT2D eigenvalue weighted by Crippen LogP contribution is 2.33. The fourth-order valence-electron chi connectivity index (χ4n) is 2.77. The summed E-state index contributed by atoms with van der Waals surface area (Å²) in [6, 6.07) is 3.46. The number of alkyl halides is 2. The molecule has 1 heterocycles. The summed E-state index contributed by atoms with van der Waals surface area (Å²) in [4.78, 5) is 25.7. The van der Waals surface area contributed by atoms with Gasteiger partial charge in [0.05, 0.1) is 18.3 Å². The molecular formula is C19H28F2N4O3. The van der Waals surface area contributed by atoms with Gasteiger partial charge in [-0.1, -0.05) is 20.8 Å². The van der Waals surface area contributed by atoms with Crippen LogP contribution in [0.3, 0.4) is 0 Å². The Bertz CT molecular complexity index is 707. The fourth-order valence-corrected chi connectivity index (χ4v) is 2.77. The van der Waals surface area contributed by atoms with E-state index in [1.54, 1.807) is 0 Å². The zero-order chi connectivity index (χ0) is 20.9. The van der Waals surface area contributed by atoms with E-state index in [4.69, 9.17) is 10.5 Å². The number of nitrogens with zero attached hydrogens (tertiary/aromatic N) is 1. The molecule has 28 heavy (non-hydrogen) atoms. The number of carbonyl (C=O) groups is 2. The van der Waals surface area contributed by atoms with E-state index in [2.05, 4.69) is 10.6 Å². The number of ether oxygens (including phenoxy) is 1. The topological polar surface area (TPSA) is 96.7 Å². The maximum Gasteiger partial charge on any atom is 0.265 e. The molecule has 0 radical (unpaired) electrons. The van der Waals surface area contributed by atoms with E-state index in [0.29, 0.717) is 6.54 Å². The first-order chi connectivity index (χ1) is 13.1. The molecule has 0 bridgehead atoms. The predicted molar refractivity (Wildman–Crippen MR) is 104 cm³/mol. The van der Waals surface area contributed by atoms with Gasteiger partial charge in [-0.3, -0.25) is 9.59 Å². The van der Waals surface area contributed by atoms with Crippen molar-refractivity contribution in [3.05, 3.63) is 23.8 Å². The molecule has 0 spiro atoms. The maximum atomic E-state index is 13.6. The van der Waals surface area contributed by atoms with Gasteiger partial charge in [0, 0.05) is 30.9 Å². The molecule has 1 aliphatic heterocycles. The van der Waals surface area contributed by atoms with Gasteiger partial charge in [0.2, 0.25) is 5.91 Å². The van der Waals surface area contributed by atoms with Gasteiger partial charge in [-0.15, -0.1) is 0 Å². The van der Waals surface area contributed by atoms with Crippen LogP contribution in [0, 0.1) is 5.41 Å². The van der Waals surface area contributed by atoms with E-state index in [0.717, 1.165) is 0 Å². The Kier molecular flexibility index (Phi) is 7.45. The summed E-state index contributed by atoms with van der Waals surface area (Å²) in [6.07, 6.45) is -2.80. The molecule has 156 valence electrons. The van der Waals surface area contributed by atoms with Crippen LogP contribution >= 0.6 is 0 Å². The monoisotopic (exact) mass is 398 g/mol. The first kappa shape index (κ1) is 22.2. The number of hydrogen-bond donors (Lipinski definition) is 3. The first-order valence-electron chi connectivity index (χ1n) is 9.17. The van der Waals surface area contributed by atoms with E-state index in [1.165, 1.54) is 23.1 Å². The number of nitrogens with two attached hydrogens (primary N) is 1. The third kappa shape index (κ3) is 5.95. The second kappa shape index (κ2) is 9.40. The smallest absolute Gasteiger partial charge is 0.265 e. The summed E-state index contributed by atoms with van der Waals surface area (Å²) < 4.78 is 32.2. The number of morpholine rings is 1. The molecule has 1 fully saturated rings. The van der Waals surface area contributed by atoms with Crippen LogP contribution in [-0.2, 0) is 14.3 Å². The minimum absolute atomic E-state index is 0.0388. The summed E-state index contributed by atoms with van der Waals surface area (Å²) in [5.74, 6) is -0.776. The van der Waals surface area contributed by atoms with Crippen LogP contribution in [0.1, 0.15) is 32.8 Å². The molecule has 0 unspecified atom stereocenters. The quantitative estimate of drug-likeness (QED) is 0.652. The van der Waals surface area contributed by atoms with Crippen LogP contribution in [0.25, 0.3) is 0 Å². The van der Waals surface area contributed by atoms with Gasteiger partial charge < -0.3 is 26.0 Å². The normalized spacial score (nSPS) is 16.4. The van der Waals surface area contributed by atoms with Crippen LogP contribution in [0.15, 0.2) is 18.2 Å². The molecule has 0 aliphatic carbocycles.